The zero-order valence-corrected chi connectivity index (χ0v) is 32.6. The predicted molar refractivity (Wildman–Crippen MR) is 217 cm³/mol. The molecule has 0 aliphatic carbocycles. The number of allylic oxidation sites excluding steroid dienone is 1. The number of benzene rings is 2. The molecule has 1 atom stereocenters. The van der Waals surface area contributed by atoms with Crippen molar-refractivity contribution < 1.29 is 19.5 Å². The fourth-order valence-corrected chi connectivity index (χ4v) is 7.98. The van der Waals surface area contributed by atoms with Gasteiger partial charge in [0.25, 0.3) is 5.91 Å². The Morgan fingerprint density at radius 1 is 0.964 bits per heavy atom. The molecule has 2 fully saturated rings. The number of para-hydroxylation sites is 1. The Hall–Kier alpha value is -5.63. The van der Waals surface area contributed by atoms with Gasteiger partial charge in [0.2, 0.25) is 11.9 Å². The van der Waals surface area contributed by atoms with Crippen molar-refractivity contribution in [3.8, 4) is 5.75 Å². The number of likely N-dealkylation sites (N-methyl/N-ethyl adjacent to an activating group) is 1. The summed E-state index contributed by atoms with van der Waals surface area (Å²) in [5.41, 5.74) is 18.5. The van der Waals surface area contributed by atoms with Crippen molar-refractivity contribution in [3.05, 3.63) is 100 Å². The molecule has 0 saturated carbocycles. The van der Waals surface area contributed by atoms with Crippen LogP contribution in [-0.2, 0) is 29.0 Å². The highest BCUT2D eigenvalue weighted by atomic mass is 16.3. The number of nitrogens with zero attached hydrogens (tertiary/aromatic N) is 6. The van der Waals surface area contributed by atoms with Crippen molar-refractivity contribution in [2.45, 2.75) is 57.5 Å². The maximum absolute atomic E-state index is 13.1. The molecular formula is C42H56N10O4. The fraction of sp³-hybridized carbons (Fsp3) is 0.452. The first-order chi connectivity index (χ1) is 27.2. The molecule has 3 aliphatic rings. The van der Waals surface area contributed by atoms with E-state index >= 15 is 0 Å². The Balaban J connectivity index is 0.925. The van der Waals surface area contributed by atoms with Gasteiger partial charge in [0.15, 0.2) is 0 Å². The summed E-state index contributed by atoms with van der Waals surface area (Å²) in [5.74, 6) is 1.64. The zero-order valence-electron chi connectivity index (χ0n) is 32.6. The van der Waals surface area contributed by atoms with Crippen molar-refractivity contribution in [2.24, 2.45) is 17.4 Å². The number of piperazine rings is 1. The molecule has 1 aromatic heterocycles. The van der Waals surface area contributed by atoms with Crippen molar-refractivity contribution in [1.82, 2.24) is 35.3 Å². The third-order valence-electron chi connectivity index (χ3n) is 11.4. The van der Waals surface area contributed by atoms with Crippen LogP contribution in [0.4, 0.5) is 5.95 Å². The molecule has 3 aliphatic heterocycles. The minimum Gasteiger partial charge on any atom is -0.507 e. The largest absolute Gasteiger partial charge is 0.507 e. The van der Waals surface area contributed by atoms with E-state index in [1.54, 1.807) is 37.2 Å². The van der Waals surface area contributed by atoms with Crippen molar-refractivity contribution >= 4 is 29.7 Å². The first-order valence-electron chi connectivity index (χ1n) is 19.7. The Kier molecular flexibility index (Phi) is 13.4. The van der Waals surface area contributed by atoms with Gasteiger partial charge in [-0.3, -0.25) is 9.59 Å². The van der Waals surface area contributed by atoms with Gasteiger partial charge in [-0.05, 0) is 98.5 Å². The third-order valence-corrected chi connectivity index (χ3v) is 11.4. The van der Waals surface area contributed by atoms with Crippen LogP contribution in [0.25, 0.3) is 5.70 Å². The summed E-state index contributed by atoms with van der Waals surface area (Å²) < 4.78 is 0. The van der Waals surface area contributed by atoms with Gasteiger partial charge in [-0.25, -0.2) is 9.97 Å². The van der Waals surface area contributed by atoms with Crippen molar-refractivity contribution in [1.29, 1.82) is 0 Å². The number of aryl methyl sites for hydroxylation is 1. The molecule has 14 heteroatoms. The number of nitrogens with one attached hydrogen (secondary N) is 2. The number of amides is 2. The number of likely N-dealkylation sites (tertiary alicyclic amines) is 1. The molecule has 0 spiro atoms. The molecule has 2 amide bonds. The van der Waals surface area contributed by atoms with Gasteiger partial charge in [-0.1, -0.05) is 24.3 Å². The molecule has 4 heterocycles. The van der Waals surface area contributed by atoms with Gasteiger partial charge < -0.3 is 51.6 Å². The topological polar surface area (TPSA) is 186 Å². The van der Waals surface area contributed by atoms with Gasteiger partial charge in [0.05, 0.1) is 5.70 Å². The molecule has 3 aromatic rings. The number of anilines is 1. The van der Waals surface area contributed by atoms with E-state index < -0.39 is 6.04 Å². The van der Waals surface area contributed by atoms with Crippen LogP contribution in [0.2, 0.25) is 0 Å². The number of fused-ring (bicyclic) bond motifs is 1. The Morgan fingerprint density at radius 3 is 2.38 bits per heavy atom. The van der Waals surface area contributed by atoms with Crippen LogP contribution in [0.3, 0.4) is 0 Å². The standard InChI is InChI=1S/C42H56N10O4/c1-45-39(44)37(25-35(43)34-6-3-4-8-38(34)54)50-19-21-51(22-20-50)42-47-26-31(27-48-42)10-9-29-13-16-49(17-14-29)18-15-30-11-12-33-32(24-30)28-52(41(33)56)36(7-5-23-53)40(55)46-2/h3-4,6,8,11-12,23-27,29,36,45,54H,5,7,9-10,13-22,28,43-44H2,1-2H3,(H,46,55)/b35-25-,39-37-. The summed E-state index contributed by atoms with van der Waals surface area (Å²) >= 11 is 0. The molecule has 0 radical (unpaired) electrons. The molecule has 2 saturated heterocycles. The Morgan fingerprint density at radius 2 is 1.70 bits per heavy atom. The minimum atomic E-state index is -0.649. The average molecular weight is 765 g/mol. The summed E-state index contributed by atoms with van der Waals surface area (Å²) in [6.45, 7) is 6.39. The molecule has 6 rings (SSSR count). The number of rotatable bonds is 16. The SMILES string of the molecule is CNC(=O)C(CCC=O)N1Cc2cc(CCN3CCC(CCc4cnc(N5CCN(C(/C=C(\N)c6ccccc6O)=C(/N)NC)CC5)nc4)CC3)ccc2C1=O. The van der Waals surface area contributed by atoms with Crippen molar-refractivity contribution in [3.63, 3.8) is 0 Å². The molecule has 56 heavy (non-hydrogen) atoms. The maximum atomic E-state index is 13.1. The van der Waals surface area contributed by atoms with Crippen LogP contribution >= 0.6 is 0 Å². The number of aldehydes is 1. The highest BCUT2D eigenvalue weighted by Crippen LogP contribution is 2.29. The van der Waals surface area contributed by atoms with E-state index in [-0.39, 0.29) is 24.0 Å². The third kappa shape index (κ3) is 9.59. The molecule has 7 N–H and O–H groups in total. The number of hydrogen-bond donors (Lipinski definition) is 5. The number of phenolic OH excluding ortho intramolecular Hbond substituents is 1. The fourth-order valence-electron chi connectivity index (χ4n) is 7.98. The van der Waals surface area contributed by atoms with E-state index in [9.17, 15) is 19.5 Å². The molecule has 2 aromatic carbocycles. The minimum absolute atomic E-state index is 0.123. The number of nitrogens with two attached hydrogens (primary N) is 2. The van der Waals surface area contributed by atoms with Gasteiger partial charge in [0, 0.05) is 89.0 Å². The average Bonchev–Trinajstić information content (AvgIpc) is 3.56. The lowest BCUT2D eigenvalue weighted by atomic mass is 9.91. The highest BCUT2D eigenvalue weighted by molar-refractivity contribution is 6.01. The highest BCUT2D eigenvalue weighted by Gasteiger charge is 2.36. The zero-order chi connectivity index (χ0) is 39.6. The van der Waals surface area contributed by atoms with Crippen LogP contribution in [0, 0.1) is 5.92 Å². The lowest BCUT2D eigenvalue weighted by molar-refractivity contribution is -0.125. The van der Waals surface area contributed by atoms with Gasteiger partial charge in [-0.2, -0.15) is 0 Å². The second kappa shape index (κ2) is 18.8. The number of piperidine rings is 1. The van der Waals surface area contributed by atoms with E-state index in [2.05, 4.69) is 31.4 Å². The second-order valence-corrected chi connectivity index (χ2v) is 14.9. The predicted octanol–water partition coefficient (Wildman–Crippen LogP) is 2.59. The summed E-state index contributed by atoms with van der Waals surface area (Å²) in [6.07, 6.45) is 12.4. The number of phenols is 1. The smallest absolute Gasteiger partial charge is 0.255 e. The monoisotopic (exact) mass is 764 g/mol. The maximum Gasteiger partial charge on any atom is 0.255 e. The van der Waals surface area contributed by atoms with Crippen LogP contribution < -0.4 is 27.0 Å². The number of carbonyl (C=O) groups excluding carboxylic acids is 3. The summed E-state index contributed by atoms with van der Waals surface area (Å²) in [5, 5.41) is 15.9. The van der Waals surface area contributed by atoms with Gasteiger partial charge in [-0.15, -0.1) is 0 Å². The van der Waals surface area contributed by atoms with Crippen molar-refractivity contribution in [2.75, 3.05) is 64.8 Å². The first-order valence-corrected chi connectivity index (χ1v) is 19.7. The summed E-state index contributed by atoms with van der Waals surface area (Å²) in [4.78, 5) is 54.6. The second-order valence-electron chi connectivity index (χ2n) is 14.9. The summed E-state index contributed by atoms with van der Waals surface area (Å²) in [6, 6.07) is 12.4. The van der Waals surface area contributed by atoms with E-state index in [0.717, 1.165) is 81.0 Å². The van der Waals surface area contributed by atoms with E-state index in [1.165, 1.54) is 18.4 Å². The Bertz CT molecular complexity index is 1900. The molecule has 0 bridgehead atoms. The molecule has 14 nitrogen and oxygen atoms in total. The first kappa shape index (κ1) is 40.0. The van der Waals surface area contributed by atoms with Gasteiger partial charge in [0.1, 0.15) is 23.9 Å². The van der Waals surface area contributed by atoms with E-state index in [1.807, 2.05) is 36.7 Å². The lowest BCUT2D eigenvalue weighted by Crippen LogP contribution is -2.47. The number of carbonyl (C=O) groups is 3. The summed E-state index contributed by atoms with van der Waals surface area (Å²) in [7, 11) is 3.33. The van der Waals surface area contributed by atoms with Crippen LogP contribution in [0.5, 0.6) is 5.75 Å². The van der Waals surface area contributed by atoms with E-state index in [0.29, 0.717) is 54.6 Å². The number of aromatic nitrogens is 2. The quantitative estimate of drug-likeness (QED) is 0.106. The number of hydrogen-bond acceptors (Lipinski definition) is 12. The molecule has 298 valence electrons. The van der Waals surface area contributed by atoms with Crippen LogP contribution in [-0.4, -0.2) is 114 Å². The van der Waals surface area contributed by atoms with E-state index in [4.69, 9.17) is 21.4 Å². The molecular weight excluding hydrogens is 709 g/mol. The van der Waals surface area contributed by atoms with Crippen LogP contribution in [0.15, 0.2) is 72.5 Å². The number of aromatic hydroxyl groups is 1. The Labute approximate surface area is 329 Å². The van der Waals surface area contributed by atoms with Crippen LogP contribution in [0.1, 0.15) is 64.7 Å². The van der Waals surface area contributed by atoms with Gasteiger partial charge >= 0.3 is 0 Å². The molecule has 1 unspecified atom stereocenters. The normalized spacial score (nSPS) is 17.7. The lowest BCUT2D eigenvalue weighted by Gasteiger charge is -2.37.